The summed E-state index contributed by atoms with van der Waals surface area (Å²) in [6.07, 6.45) is 2.59. The molecule has 3 fully saturated rings. The lowest BCUT2D eigenvalue weighted by Gasteiger charge is -2.44. The van der Waals surface area contributed by atoms with Crippen molar-refractivity contribution in [2.45, 2.75) is 18.8 Å². The van der Waals surface area contributed by atoms with Crippen molar-refractivity contribution < 1.29 is 33.1 Å². The topological polar surface area (TPSA) is 147 Å². The largest absolute Gasteiger partial charge is 0.508 e. The van der Waals surface area contributed by atoms with Gasteiger partial charge in [0.25, 0.3) is 0 Å². The van der Waals surface area contributed by atoms with E-state index in [0.29, 0.717) is 51.9 Å². The summed E-state index contributed by atoms with van der Waals surface area (Å²) < 4.78 is 11.9. The van der Waals surface area contributed by atoms with E-state index in [2.05, 4.69) is 9.97 Å². The number of phenolic OH excluding ortho intramolecular Hbond substituents is 1. The van der Waals surface area contributed by atoms with Crippen LogP contribution in [-0.2, 0) is 19.2 Å². The maximum atomic E-state index is 14.6. The third kappa shape index (κ3) is 5.04. The highest BCUT2D eigenvalue weighted by Crippen LogP contribution is 2.58. The Balaban J connectivity index is 0.918. The number of hydrogen-bond acceptors (Lipinski definition) is 9. The Hall–Kier alpha value is -7.14. The molecule has 278 valence electrons. The predicted octanol–water partition coefficient (Wildman–Crippen LogP) is 8.05. The van der Waals surface area contributed by atoms with E-state index < -0.39 is 35.5 Å². The first-order valence-corrected chi connectivity index (χ1v) is 19.0. The minimum Gasteiger partial charge on any atom is -0.508 e. The third-order valence-corrected chi connectivity index (χ3v) is 12.2. The van der Waals surface area contributed by atoms with Crippen molar-refractivity contribution in [1.82, 2.24) is 9.97 Å². The van der Waals surface area contributed by atoms with Crippen LogP contribution in [-0.4, -0.2) is 38.7 Å². The van der Waals surface area contributed by atoms with E-state index in [4.69, 9.17) is 8.83 Å². The van der Waals surface area contributed by atoms with Crippen LogP contribution in [0.15, 0.2) is 142 Å². The van der Waals surface area contributed by atoms with Crippen LogP contribution in [0.3, 0.4) is 0 Å². The van der Waals surface area contributed by atoms with E-state index in [1.807, 2.05) is 54.6 Å². The van der Waals surface area contributed by atoms with Crippen molar-refractivity contribution in [1.29, 1.82) is 0 Å². The number of aromatic hydroxyl groups is 1. The number of hydrogen-bond donors (Lipinski definition) is 1. The van der Waals surface area contributed by atoms with E-state index in [1.54, 1.807) is 72.8 Å². The van der Waals surface area contributed by atoms with Crippen molar-refractivity contribution >= 4 is 57.2 Å². The van der Waals surface area contributed by atoms with Crippen LogP contribution in [0.2, 0.25) is 0 Å². The number of rotatable bonds is 5. The quantitative estimate of drug-likeness (QED) is 0.136. The molecule has 1 saturated carbocycles. The molecule has 0 bridgehead atoms. The SMILES string of the molecule is O=C1[C@H]2[C@H](CC=C3[C@H]2C[C@H]2C(=O)N(c4ccc(-c5nc6ccccc6o5)cc4)C(=O)[C@H]2[C@H]3c2ccc(O)cc2)C(=O)N1c1ccc(-c2nc3ccccc3o2)cc1. The first-order valence-electron chi connectivity index (χ1n) is 19.0. The number of carbonyl (C=O) groups is 4. The van der Waals surface area contributed by atoms with Crippen molar-refractivity contribution in [3.63, 3.8) is 0 Å². The fourth-order valence-corrected chi connectivity index (χ4v) is 9.65. The van der Waals surface area contributed by atoms with Gasteiger partial charge in [0.15, 0.2) is 11.2 Å². The lowest BCUT2D eigenvalue weighted by atomic mass is 9.57. The van der Waals surface area contributed by atoms with E-state index in [-0.39, 0.29) is 35.8 Å². The van der Waals surface area contributed by atoms with Gasteiger partial charge in [-0.25, -0.2) is 9.97 Å². The van der Waals surface area contributed by atoms with Crippen LogP contribution in [0.25, 0.3) is 45.1 Å². The number of phenols is 1. The minimum absolute atomic E-state index is 0.0733. The highest BCUT2D eigenvalue weighted by molar-refractivity contribution is 6.24. The second-order valence-corrected chi connectivity index (χ2v) is 15.2. The molecule has 11 nitrogen and oxygen atoms in total. The van der Waals surface area contributed by atoms with Crippen LogP contribution >= 0.6 is 0 Å². The lowest BCUT2D eigenvalue weighted by molar-refractivity contribution is -0.126. The van der Waals surface area contributed by atoms with Gasteiger partial charge in [-0.2, -0.15) is 0 Å². The Morgan fingerprint density at radius 3 is 1.60 bits per heavy atom. The van der Waals surface area contributed by atoms with Gasteiger partial charge in [-0.15, -0.1) is 0 Å². The zero-order valence-electron chi connectivity index (χ0n) is 30.2. The number of anilines is 2. The molecular formula is C46H32N4O7. The first-order chi connectivity index (χ1) is 27.8. The number of benzene rings is 5. The number of carbonyl (C=O) groups excluding carboxylic acids is 4. The molecule has 0 spiro atoms. The number of oxazole rings is 2. The summed E-state index contributed by atoms with van der Waals surface area (Å²) in [4.78, 5) is 69.4. The van der Waals surface area contributed by atoms with Crippen LogP contribution < -0.4 is 9.80 Å². The average Bonchev–Trinajstić information content (AvgIpc) is 3.99. The number of nitrogens with zero attached hydrogens (tertiary/aromatic N) is 4. The average molecular weight is 753 g/mol. The zero-order valence-corrected chi connectivity index (χ0v) is 30.2. The highest BCUT2D eigenvalue weighted by Gasteiger charge is 2.62. The van der Waals surface area contributed by atoms with E-state index in [1.165, 1.54) is 9.80 Å². The van der Waals surface area contributed by atoms with Gasteiger partial charge in [0, 0.05) is 17.0 Å². The fourth-order valence-electron chi connectivity index (χ4n) is 9.65. The maximum Gasteiger partial charge on any atom is 0.238 e. The van der Waals surface area contributed by atoms with Gasteiger partial charge in [0.1, 0.15) is 16.8 Å². The van der Waals surface area contributed by atoms with Crippen LogP contribution in [0.5, 0.6) is 5.75 Å². The Morgan fingerprint density at radius 1 is 0.544 bits per heavy atom. The van der Waals surface area contributed by atoms with E-state index in [9.17, 15) is 24.3 Å². The van der Waals surface area contributed by atoms with Crippen LogP contribution in [0.4, 0.5) is 11.4 Å². The molecule has 4 amide bonds. The summed E-state index contributed by atoms with van der Waals surface area (Å²) in [5, 5.41) is 10.2. The normalized spacial score (nSPS) is 24.2. The van der Waals surface area contributed by atoms with Crippen molar-refractivity contribution in [3.8, 4) is 28.7 Å². The molecule has 1 N–H and O–H groups in total. The Morgan fingerprint density at radius 2 is 1.05 bits per heavy atom. The van der Waals surface area contributed by atoms with Crippen molar-refractivity contribution in [3.05, 3.63) is 139 Å². The smallest absolute Gasteiger partial charge is 0.238 e. The zero-order chi connectivity index (χ0) is 38.5. The highest BCUT2D eigenvalue weighted by atomic mass is 16.4. The third-order valence-electron chi connectivity index (χ3n) is 12.2. The molecule has 7 aromatic rings. The number of para-hydroxylation sites is 4. The van der Waals surface area contributed by atoms with Gasteiger partial charge in [0.2, 0.25) is 35.4 Å². The second kappa shape index (κ2) is 12.4. The Bertz CT molecular complexity index is 2770. The van der Waals surface area contributed by atoms with Gasteiger partial charge < -0.3 is 13.9 Å². The molecule has 11 heteroatoms. The van der Waals surface area contributed by atoms with Gasteiger partial charge in [-0.05, 0) is 109 Å². The summed E-state index contributed by atoms with van der Waals surface area (Å²) in [5.74, 6) is -4.11. The molecule has 2 aliphatic heterocycles. The molecule has 6 atom stereocenters. The Kier molecular flexibility index (Phi) is 7.25. The summed E-state index contributed by atoms with van der Waals surface area (Å²) in [6, 6.07) is 35.7. The van der Waals surface area contributed by atoms with Gasteiger partial charge in [-0.3, -0.25) is 29.0 Å². The molecule has 2 aliphatic carbocycles. The standard InChI is InChI=1S/C46H32N4O7/c51-29-19-13-24(14-20-29)38-30-21-22-31-39(45(54)49(43(31)52)27-15-9-25(10-16-27)41-47-34-5-1-3-7-36(34)56-41)32(30)23-33-40(38)46(55)50(44(33)53)28-17-11-26(12-18-28)42-48-35-6-2-4-8-37(35)57-42/h1-21,31-33,38-40,51H,22-23H2/t31-,32+,33+,38-,39-,40+/m0/s1. The van der Waals surface area contributed by atoms with Gasteiger partial charge >= 0.3 is 0 Å². The molecule has 2 saturated heterocycles. The second-order valence-electron chi connectivity index (χ2n) is 15.2. The number of aromatic nitrogens is 2. The first kappa shape index (κ1) is 33.2. The molecule has 4 aliphatic rings. The summed E-state index contributed by atoms with van der Waals surface area (Å²) >= 11 is 0. The molecule has 0 unspecified atom stereocenters. The monoisotopic (exact) mass is 752 g/mol. The van der Waals surface area contributed by atoms with Gasteiger partial charge in [-0.1, -0.05) is 48.0 Å². The van der Waals surface area contributed by atoms with Crippen LogP contribution in [0, 0.1) is 29.6 Å². The minimum atomic E-state index is -0.736. The number of allylic oxidation sites excluding steroid dienone is 2. The van der Waals surface area contributed by atoms with Crippen LogP contribution in [0.1, 0.15) is 24.3 Å². The van der Waals surface area contributed by atoms with E-state index in [0.717, 1.165) is 22.2 Å². The molecular weight excluding hydrogens is 721 g/mol. The summed E-state index contributed by atoms with van der Waals surface area (Å²) in [7, 11) is 0. The Labute approximate surface area is 324 Å². The molecule has 2 aromatic heterocycles. The van der Waals surface area contributed by atoms with Gasteiger partial charge in [0.05, 0.1) is 35.0 Å². The van der Waals surface area contributed by atoms with Crippen molar-refractivity contribution in [2.75, 3.05) is 9.80 Å². The molecule has 4 heterocycles. The molecule has 11 rings (SSSR count). The fraction of sp³-hybridized carbons (Fsp3) is 0.174. The van der Waals surface area contributed by atoms with E-state index >= 15 is 0 Å². The summed E-state index contributed by atoms with van der Waals surface area (Å²) in [6.45, 7) is 0. The predicted molar refractivity (Wildman–Crippen MR) is 209 cm³/mol. The van der Waals surface area contributed by atoms with Crippen molar-refractivity contribution in [2.24, 2.45) is 29.6 Å². The maximum absolute atomic E-state index is 14.6. The molecule has 5 aromatic carbocycles. The number of fused-ring (bicyclic) bond motifs is 6. The summed E-state index contributed by atoms with van der Waals surface area (Å²) in [5.41, 5.74) is 6.70. The molecule has 0 radical (unpaired) electrons. The number of amides is 4. The molecule has 57 heavy (non-hydrogen) atoms. The number of imide groups is 2. The lowest BCUT2D eigenvalue weighted by Crippen LogP contribution is -2.43.